The standard InChI is InChI=1S/C15H9BrClNO3S/c16-9-3-4-12(17)11(6-9)15(19)20-8-10-7-13(21-18-10)14-2-1-5-22-14/h1-7H,8H2. The lowest BCUT2D eigenvalue weighted by molar-refractivity contribution is 0.0464. The molecular formula is C15H9BrClNO3S. The van der Waals surface area contributed by atoms with E-state index in [1.54, 1.807) is 35.6 Å². The van der Waals surface area contributed by atoms with Gasteiger partial charge < -0.3 is 9.26 Å². The van der Waals surface area contributed by atoms with E-state index in [-0.39, 0.29) is 6.61 Å². The first-order chi connectivity index (χ1) is 10.6. The Morgan fingerprint density at radius 1 is 1.36 bits per heavy atom. The van der Waals surface area contributed by atoms with Crippen LogP contribution in [0.4, 0.5) is 0 Å². The third-order valence-electron chi connectivity index (χ3n) is 2.82. The molecule has 0 spiro atoms. The molecule has 0 aliphatic rings. The zero-order valence-corrected chi connectivity index (χ0v) is 14.2. The second-order valence-electron chi connectivity index (χ2n) is 4.36. The first-order valence-corrected chi connectivity index (χ1v) is 8.30. The van der Waals surface area contributed by atoms with E-state index in [2.05, 4.69) is 21.1 Å². The van der Waals surface area contributed by atoms with Crippen molar-refractivity contribution in [2.75, 3.05) is 0 Å². The van der Waals surface area contributed by atoms with E-state index in [9.17, 15) is 4.79 Å². The predicted molar refractivity (Wildman–Crippen MR) is 88.1 cm³/mol. The van der Waals surface area contributed by atoms with E-state index in [1.807, 2.05) is 17.5 Å². The highest BCUT2D eigenvalue weighted by molar-refractivity contribution is 9.10. The normalized spacial score (nSPS) is 10.6. The van der Waals surface area contributed by atoms with Crippen LogP contribution >= 0.6 is 38.9 Å². The van der Waals surface area contributed by atoms with Crippen LogP contribution in [0.2, 0.25) is 5.02 Å². The second kappa shape index (κ2) is 6.64. The molecule has 0 unspecified atom stereocenters. The fraction of sp³-hybridized carbons (Fsp3) is 0.0667. The van der Waals surface area contributed by atoms with Gasteiger partial charge in [-0.3, -0.25) is 0 Å². The van der Waals surface area contributed by atoms with Gasteiger partial charge in [0.05, 0.1) is 15.5 Å². The fourth-order valence-electron chi connectivity index (χ4n) is 1.79. The Morgan fingerprint density at radius 3 is 3.00 bits per heavy atom. The maximum atomic E-state index is 12.0. The maximum absolute atomic E-state index is 12.0. The number of carbonyl (C=O) groups excluding carboxylic acids is 1. The van der Waals surface area contributed by atoms with E-state index >= 15 is 0 Å². The molecule has 0 radical (unpaired) electrons. The van der Waals surface area contributed by atoms with Gasteiger partial charge in [0.2, 0.25) is 0 Å². The number of hydrogen-bond donors (Lipinski definition) is 0. The predicted octanol–water partition coefficient (Wildman–Crippen LogP) is 5.18. The zero-order chi connectivity index (χ0) is 15.5. The first kappa shape index (κ1) is 15.3. The maximum Gasteiger partial charge on any atom is 0.340 e. The van der Waals surface area contributed by atoms with Crippen molar-refractivity contribution >= 4 is 44.8 Å². The van der Waals surface area contributed by atoms with Crippen molar-refractivity contribution in [3.05, 3.63) is 62.5 Å². The molecule has 3 rings (SSSR count). The number of thiophene rings is 1. The lowest BCUT2D eigenvalue weighted by atomic mass is 10.2. The third-order valence-corrected chi connectivity index (χ3v) is 4.53. The second-order valence-corrected chi connectivity index (χ2v) is 6.63. The van der Waals surface area contributed by atoms with Crippen molar-refractivity contribution in [2.24, 2.45) is 0 Å². The van der Waals surface area contributed by atoms with E-state index in [0.29, 0.717) is 22.0 Å². The molecule has 0 fully saturated rings. The van der Waals surface area contributed by atoms with E-state index in [4.69, 9.17) is 20.9 Å². The fourth-order valence-corrected chi connectivity index (χ4v) is 3.01. The Labute approximate surface area is 143 Å². The minimum atomic E-state index is -0.507. The summed E-state index contributed by atoms with van der Waals surface area (Å²) in [6.45, 7) is 0.0244. The molecule has 2 heterocycles. The zero-order valence-electron chi connectivity index (χ0n) is 11.1. The summed E-state index contributed by atoms with van der Waals surface area (Å²) in [5, 5.41) is 6.18. The summed E-state index contributed by atoms with van der Waals surface area (Å²) in [4.78, 5) is 13.0. The summed E-state index contributed by atoms with van der Waals surface area (Å²) in [7, 11) is 0. The van der Waals surface area contributed by atoms with Gasteiger partial charge >= 0.3 is 5.97 Å². The van der Waals surface area contributed by atoms with E-state index in [0.717, 1.165) is 9.35 Å². The topological polar surface area (TPSA) is 52.3 Å². The highest BCUT2D eigenvalue weighted by Gasteiger charge is 2.14. The Kier molecular flexibility index (Phi) is 4.61. The molecule has 2 aromatic heterocycles. The lowest BCUT2D eigenvalue weighted by Gasteiger charge is -2.04. The Morgan fingerprint density at radius 2 is 2.23 bits per heavy atom. The Hall–Kier alpha value is -1.63. The SMILES string of the molecule is O=C(OCc1cc(-c2cccs2)on1)c1cc(Br)ccc1Cl. The summed E-state index contributed by atoms with van der Waals surface area (Å²) in [6.07, 6.45) is 0. The van der Waals surface area contributed by atoms with Crippen molar-refractivity contribution in [2.45, 2.75) is 6.61 Å². The van der Waals surface area contributed by atoms with Crippen LogP contribution in [0.1, 0.15) is 16.1 Å². The van der Waals surface area contributed by atoms with E-state index < -0.39 is 5.97 Å². The molecule has 112 valence electrons. The summed E-state index contributed by atoms with van der Waals surface area (Å²) >= 11 is 10.8. The van der Waals surface area contributed by atoms with Gasteiger partial charge in [-0.05, 0) is 29.6 Å². The molecule has 0 aliphatic carbocycles. The number of aromatic nitrogens is 1. The lowest BCUT2D eigenvalue weighted by Crippen LogP contribution is -2.06. The van der Waals surface area contributed by atoms with Crippen LogP contribution in [-0.2, 0) is 11.3 Å². The van der Waals surface area contributed by atoms with Crippen LogP contribution in [0.5, 0.6) is 0 Å². The summed E-state index contributed by atoms with van der Waals surface area (Å²) in [5.74, 6) is 0.147. The molecule has 0 bridgehead atoms. The molecule has 22 heavy (non-hydrogen) atoms. The van der Waals surface area contributed by atoms with Crippen molar-refractivity contribution in [1.82, 2.24) is 5.16 Å². The van der Waals surface area contributed by atoms with Crippen LogP contribution in [0.15, 0.2) is 50.8 Å². The first-order valence-electron chi connectivity index (χ1n) is 6.25. The minimum absolute atomic E-state index is 0.0244. The number of nitrogens with zero attached hydrogens (tertiary/aromatic N) is 1. The molecule has 0 N–H and O–H groups in total. The monoisotopic (exact) mass is 397 g/mol. The van der Waals surface area contributed by atoms with Crippen molar-refractivity contribution in [3.63, 3.8) is 0 Å². The smallest absolute Gasteiger partial charge is 0.340 e. The molecule has 3 aromatic rings. The number of rotatable bonds is 4. The highest BCUT2D eigenvalue weighted by atomic mass is 79.9. The minimum Gasteiger partial charge on any atom is -0.455 e. The molecular weight excluding hydrogens is 390 g/mol. The molecule has 1 aromatic carbocycles. The van der Waals surface area contributed by atoms with Crippen molar-refractivity contribution in [3.8, 4) is 10.6 Å². The molecule has 7 heteroatoms. The summed E-state index contributed by atoms with van der Waals surface area (Å²) in [5.41, 5.74) is 0.848. The number of hydrogen-bond acceptors (Lipinski definition) is 5. The molecule has 4 nitrogen and oxygen atoms in total. The molecule has 0 saturated carbocycles. The van der Waals surface area contributed by atoms with Gasteiger partial charge in [-0.2, -0.15) is 0 Å². The average molecular weight is 399 g/mol. The number of carbonyl (C=O) groups is 1. The Balaban J connectivity index is 1.67. The highest BCUT2D eigenvalue weighted by Crippen LogP contribution is 2.26. The summed E-state index contributed by atoms with van der Waals surface area (Å²) < 4.78 is 11.2. The quantitative estimate of drug-likeness (QED) is 0.568. The molecule has 0 atom stereocenters. The van der Waals surface area contributed by atoms with Gasteiger partial charge in [0.15, 0.2) is 5.76 Å². The van der Waals surface area contributed by atoms with Crippen LogP contribution in [0.25, 0.3) is 10.6 Å². The van der Waals surface area contributed by atoms with Gasteiger partial charge in [-0.1, -0.05) is 38.8 Å². The van der Waals surface area contributed by atoms with Crippen LogP contribution < -0.4 is 0 Å². The van der Waals surface area contributed by atoms with Crippen molar-refractivity contribution < 1.29 is 14.1 Å². The molecule has 0 saturated heterocycles. The number of halogens is 2. The van der Waals surface area contributed by atoms with Gasteiger partial charge in [0, 0.05) is 10.5 Å². The van der Waals surface area contributed by atoms with Gasteiger partial charge in [-0.15, -0.1) is 11.3 Å². The van der Waals surface area contributed by atoms with Crippen LogP contribution in [0, 0.1) is 0 Å². The molecule has 0 aliphatic heterocycles. The van der Waals surface area contributed by atoms with Crippen LogP contribution in [0.3, 0.4) is 0 Å². The number of ether oxygens (including phenoxy) is 1. The summed E-state index contributed by atoms with van der Waals surface area (Å²) in [6, 6.07) is 10.6. The average Bonchev–Trinajstić information content (AvgIpc) is 3.17. The third kappa shape index (κ3) is 3.40. The van der Waals surface area contributed by atoms with Crippen LogP contribution in [-0.4, -0.2) is 11.1 Å². The van der Waals surface area contributed by atoms with E-state index in [1.165, 1.54) is 0 Å². The van der Waals surface area contributed by atoms with Crippen molar-refractivity contribution in [1.29, 1.82) is 0 Å². The molecule has 0 amide bonds. The number of benzene rings is 1. The largest absolute Gasteiger partial charge is 0.455 e. The van der Waals surface area contributed by atoms with Gasteiger partial charge in [-0.25, -0.2) is 4.79 Å². The number of esters is 1. The van der Waals surface area contributed by atoms with Gasteiger partial charge in [0.1, 0.15) is 12.3 Å². The van der Waals surface area contributed by atoms with Gasteiger partial charge in [0.25, 0.3) is 0 Å². The Bertz CT molecular complexity index is 801.